The van der Waals surface area contributed by atoms with E-state index >= 15 is 0 Å². The van der Waals surface area contributed by atoms with Crippen LogP contribution in [0.2, 0.25) is 0 Å². The van der Waals surface area contributed by atoms with Gasteiger partial charge in [-0.15, -0.1) is 10.2 Å². The Morgan fingerprint density at radius 3 is 1.94 bits per heavy atom. The van der Waals surface area contributed by atoms with Crippen LogP contribution in [0.5, 0.6) is 11.5 Å². The molecule has 1 aliphatic heterocycles. The Bertz CT molecular complexity index is 1940. The van der Waals surface area contributed by atoms with Gasteiger partial charge in [-0.25, -0.2) is 19.0 Å². The number of piperidine rings is 1. The zero-order valence-corrected chi connectivity index (χ0v) is 28.6. The Balaban J connectivity index is 0.000000174. The number of hydrogen-bond acceptors (Lipinski definition) is 12. The first kappa shape index (κ1) is 34.3. The largest absolute Gasteiger partial charge is 0.494 e. The van der Waals surface area contributed by atoms with E-state index in [1.165, 1.54) is 0 Å². The number of aromatic nitrogens is 6. The number of rotatable bonds is 13. The molecule has 0 saturated carbocycles. The van der Waals surface area contributed by atoms with Gasteiger partial charge in [-0.1, -0.05) is 0 Å². The van der Waals surface area contributed by atoms with Gasteiger partial charge in [0.05, 0.1) is 24.6 Å². The van der Waals surface area contributed by atoms with Crippen LogP contribution in [0, 0.1) is 0 Å². The van der Waals surface area contributed by atoms with Crippen LogP contribution in [0.1, 0.15) is 33.1 Å². The van der Waals surface area contributed by atoms with Crippen LogP contribution >= 0.6 is 0 Å². The average molecular weight is 679 g/mol. The smallest absolute Gasteiger partial charge is 0.177 e. The van der Waals surface area contributed by atoms with Crippen LogP contribution in [0.3, 0.4) is 0 Å². The fraction of sp³-hybridized carbons (Fsp3) is 0.333. The number of nitrogens with zero attached hydrogens (tertiary/aromatic N) is 7. The molecule has 14 nitrogen and oxygen atoms in total. The first-order valence-electron chi connectivity index (χ1n) is 17.2. The van der Waals surface area contributed by atoms with Gasteiger partial charge >= 0.3 is 0 Å². The van der Waals surface area contributed by atoms with E-state index in [1.54, 1.807) is 16.9 Å². The molecule has 5 heterocycles. The molecule has 1 fully saturated rings. The molecule has 6 aromatic rings. The highest BCUT2D eigenvalue weighted by Crippen LogP contribution is 2.28. The molecule has 7 N–H and O–H groups in total. The average Bonchev–Trinajstić information content (AvgIpc) is 3.81. The lowest BCUT2D eigenvalue weighted by Crippen LogP contribution is -2.43. The Labute approximate surface area is 291 Å². The maximum absolute atomic E-state index is 6.14. The zero-order chi connectivity index (χ0) is 34.7. The minimum atomic E-state index is 0.201. The van der Waals surface area contributed by atoms with Crippen molar-refractivity contribution >= 4 is 45.7 Å². The van der Waals surface area contributed by atoms with Crippen LogP contribution < -0.4 is 41.8 Å². The minimum Gasteiger partial charge on any atom is -0.494 e. The number of imidazole rings is 2. The summed E-state index contributed by atoms with van der Waals surface area (Å²) in [6.07, 6.45) is 10.2. The summed E-state index contributed by atoms with van der Waals surface area (Å²) in [6.45, 7) is 8.50. The first-order chi connectivity index (χ1) is 24.5. The van der Waals surface area contributed by atoms with Crippen molar-refractivity contribution < 1.29 is 9.47 Å². The summed E-state index contributed by atoms with van der Waals surface area (Å²) in [4.78, 5) is 11.0. The SMILES string of the molecule is CCOc1ccc(Nc2cc(N3CCCC(N)C3)nn3ccnc23)cc1.CCOc1ccc(Nc2cc(NCCCN)nn3ccnc23)cc1. The lowest BCUT2D eigenvalue weighted by Gasteiger charge is -2.31. The van der Waals surface area contributed by atoms with E-state index in [2.05, 4.69) is 42.0 Å². The number of fused-ring (bicyclic) bond motifs is 2. The maximum Gasteiger partial charge on any atom is 0.177 e. The number of hydrogen-bond donors (Lipinski definition) is 5. The second-order valence-corrected chi connectivity index (χ2v) is 11.8. The quantitative estimate of drug-likeness (QED) is 0.0983. The van der Waals surface area contributed by atoms with Gasteiger partial charge in [0.2, 0.25) is 0 Å². The summed E-state index contributed by atoms with van der Waals surface area (Å²) in [5.74, 6) is 3.41. The number of anilines is 6. The van der Waals surface area contributed by atoms with Crippen LogP contribution in [0.15, 0.2) is 85.5 Å². The van der Waals surface area contributed by atoms with Crippen LogP contribution in [0.25, 0.3) is 11.3 Å². The molecule has 4 aromatic heterocycles. The monoisotopic (exact) mass is 678 g/mol. The normalized spacial score (nSPS) is 14.2. The van der Waals surface area contributed by atoms with Crippen molar-refractivity contribution in [2.45, 2.75) is 39.2 Å². The van der Waals surface area contributed by atoms with E-state index in [1.807, 2.05) is 85.4 Å². The van der Waals surface area contributed by atoms with Crippen LogP contribution in [0.4, 0.5) is 34.4 Å². The van der Waals surface area contributed by atoms with Gasteiger partial charge in [-0.2, -0.15) is 0 Å². The van der Waals surface area contributed by atoms with Gasteiger partial charge in [0.1, 0.15) is 17.3 Å². The Morgan fingerprint density at radius 1 is 0.800 bits per heavy atom. The number of benzene rings is 2. The van der Waals surface area contributed by atoms with Gasteiger partial charge in [-0.05, 0) is 88.2 Å². The molecule has 1 aliphatic rings. The predicted octanol–water partition coefficient (Wildman–Crippen LogP) is 5.43. The zero-order valence-electron chi connectivity index (χ0n) is 28.6. The van der Waals surface area contributed by atoms with E-state index < -0.39 is 0 Å². The lowest BCUT2D eigenvalue weighted by atomic mass is 10.1. The number of nitrogens with two attached hydrogens (primary N) is 2. The second-order valence-electron chi connectivity index (χ2n) is 11.8. The van der Waals surface area contributed by atoms with Crippen molar-refractivity contribution in [2.75, 3.05) is 60.2 Å². The molecule has 1 unspecified atom stereocenters. The number of nitrogens with one attached hydrogen (secondary N) is 3. The molecule has 0 spiro atoms. The highest BCUT2D eigenvalue weighted by Gasteiger charge is 2.20. The highest BCUT2D eigenvalue weighted by atomic mass is 16.5. The van der Waals surface area contributed by atoms with E-state index in [-0.39, 0.29) is 6.04 Å². The van der Waals surface area contributed by atoms with E-state index in [0.717, 1.165) is 96.1 Å². The standard InChI is InChI=1S/C19H24N6O.C17H22N6O/c1-2-26-16-7-5-15(6-8-16)22-17-12-18(23-25-11-9-21-19(17)25)24-10-3-4-14(20)13-24;1-2-24-14-6-4-13(5-7-14)21-15-12-16(19-9-3-8-18)22-23-11-10-20-17(15)23/h5-9,11-12,14,22H,2-4,10,13,20H2,1H3;4-7,10-12,21H,2-3,8-9,18H2,1H3,(H,19,22). The Hall–Kier alpha value is -5.60. The third-order valence-electron chi connectivity index (χ3n) is 8.06. The van der Waals surface area contributed by atoms with Crippen molar-refractivity contribution in [1.82, 2.24) is 29.2 Å². The predicted molar refractivity (Wildman–Crippen MR) is 199 cm³/mol. The molecule has 50 heavy (non-hydrogen) atoms. The summed E-state index contributed by atoms with van der Waals surface area (Å²) in [7, 11) is 0. The third-order valence-corrected chi connectivity index (χ3v) is 8.06. The minimum absolute atomic E-state index is 0.201. The lowest BCUT2D eigenvalue weighted by molar-refractivity contribution is 0.340. The second kappa shape index (κ2) is 16.7. The van der Waals surface area contributed by atoms with Gasteiger partial charge in [0.15, 0.2) is 17.1 Å². The third kappa shape index (κ3) is 8.70. The van der Waals surface area contributed by atoms with Gasteiger partial charge in [0.25, 0.3) is 0 Å². The van der Waals surface area contributed by atoms with E-state index in [9.17, 15) is 0 Å². The Kier molecular flexibility index (Phi) is 11.4. The van der Waals surface area contributed by atoms with E-state index in [0.29, 0.717) is 19.8 Å². The summed E-state index contributed by atoms with van der Waals surface area (Å²) in [6, 6.07) is 20.0. The summed E-state index contributed by atoms with van der Waals surface area (Å²) in [5, 5.41) is 19.3. The molecule has 1 atom stereocenters. The molecule has 0 bridgehead atoms. The molecule has 1 saturated heterocycles. The first-order valence-corrected chi connectivity index (χ1v) is 17.2. The van der Waals surface area contributed by atoms with Crippen LogP contribution in [-0.4, -0.2) is 74.6 Å². The molecule has 2 aromatic carbocycles. The fourth-order valence-corrected chi connectivity index (χ4v) is 5.69. The van der Waals surface area contributed by atoms with Crippen molar-refractivity contribution in [3.8, 4) is 11.5 Å². The topological polar surface area (TPSA) is 170 Å². The van der Waals surface area contributed by atoms with Crippen LogP contribution in [-0.2, 0) is 0 Å². The van der Waals surface area contributed by atoms with Crippen molar-refractivity contribution in [3.05, 3.63) is 85.5 Å². The molecule has 262 valence electrons. The van der Waals surface area contributed by atoms with Crippen molar-refractivity contribution in [1.29, 1.82) is 0 Å². The molecule has 0 amide bonds. The molecular formula is C36H46N12O2. The Morgan fingerprint density at radius 2 is 1.38 bits per heavy atom. The highest BCUT2D eigenvalue weighted by molar-refractivity contribution is 5.77. The molecular weight excluding hydrogens is 632 g/mol. The van der Waals surface area contributed by atoms with E-state index in [4.69, 9.17) is 26.0 Å². The van der Waals surface area contributed by atoms with Gasteiger partial charge in [-0.3, -0.25) is 0 Å². The number of ether oxygens (including phenoxy) is 2. The molecule has 0 radical (unpaired) electrons. The maximum atomic E-state index is 6.14. The van der Waals surface area contributed by atoms with Gasteiger partial charge < -0.3 is 41.8 Å². The van der Waals surface area contributed by atoms with Crippen molar-refractivity contribution in [3.63, 3.8) is 0 Å². The molecule has 14 heteroatoms. The van der Waals surface area contributed by atoms with Crippen molar-refractivity contribution in [2.24, 2.45) is 11.5 Å². The fourth-order valence-electron chi connectivity index (χ4n) is 5.69. The molecule has 0 aliphatic carbocycles. The summed E-state index contributed by atoms with van der Waals surface area (Å²) < 4.78 is 14.5. The van der Waals surface area contributed by atoms with Gasteiger partial charge in [0, 0.05) is 74.0 Å². The molecule has 7 rings (SSSR count). The summed E-state index contributed by atoms with van der Waals surface area (Å²) in [5.41, 5.74) is 17.0. The summed E-state index contributed by atoms with van der Waals surface area (Å²) >= 11 is 0.